The van der Waals surface area contributed by atoms with E-state index in [9.17, 15) is 9.18 Å². The average molecular weight is 360 g/mol. The van der Waals surface area contributed by atoms with Crippen LogP contribution in [-0.2, 0) is 9.53 Å². The summed E-state index contributed by atoms with van der Waals surface area (Å²) in [6.45, 7) is 0. The number of ether oxygens (including phenoxy) is 1. The molecule has 0 aromatic heterocycles. The summed E-state index contributed by atoms with van der Waals surface area (Å²) in [4.78, 5) is 16.7. The Morgan fingerprint density at radius 2 is 1.84 bits per heavy atom. The molecular weight excluding hydrogens is 341 g/mol. The number of halogens is 2. The van der Waals surface area contributed by atoms with Crippen molar-refractivity contribution in [3.63, 3.8) is 0 Å². The van der Waals surface area contributed by atoms with Crippen LogP contribution in [0.2, 0.25) is 0 Å². The van der Waals surface area contributed by atoms with Gasteiger partial charge in [0.1, 0.15) is 5.82 Å². The number of carbonyl (C=O) groups is 1. The lowest BCUT2D eigenvalue weighted by Crippen LogP contribution is -2.56. The zero-order valence-corrected chi connectivity index (χ0v) is 14.6. The molecule has 6 rings (SSSR count). The fourth-order valence-corrected chi connectivity index (χ4v) is 6.45. The number of hydrogen-bond donors (Lipinski definition) is 0. The quantitative estimate of drug-likeness (QED) is 0.436. The van der Waals surface area contributed by atoms with Gasteiger partial charge in [-0.15, -0.1) is 11.6 Å². The molecule has 1 heterocycles. The first-order valence-electron chi connectivity index (χ1n) is 8.91. The highest BCUT2D eigenvalue weighted by molar-refractivity contribution is 6.24. The third-order valence-electron chi connectivity index (χ3n) is 6.24. The van der Waals surface area contributed by atoms with Crippen molar-refractivity contribution in [3.8, 4) is 0 Å². The largest absolute Gasteiger partial charge is 0.406 e. The van der Waals surface area contributed by atoms with Gasteiger partial charge in [-0.25, -0.2) is 14.2 Å². The molecule has 2 unspecified atom stereocenters. The summed E-state index contributed by atoms with van der Waals surface area (Å²) in [5, 5.41) is 0. The molecule has 4 fully saturated rings. The van der Waals surface area contributed by atoms with Crippen LogP contribution in [0.1, 0.15) is 44.1 Å². The van der Waals surface area contributed by atoms with E-state index in [1.165, 1.54) is 18.6 Å². The fourth-order valence-electron chi connectivity index (χ4n) is 5.75. The Morgan fingerprint density at radius 3 is 2.48 bits per heavy atom. The van der Waals surface area contributed by atoms with Crippen LogP contribution in [0.3, 0.4) is 0 Å². The zero-order valence-electron chi connectivity index (χ0n) is 13.8. The minimum absolute atomic E-state index is 0.150. The number of hydrogen-bond acceptors (Lipinski definition) is 3. The molecule has 25 heavy (non-hydrogen) atoms. The number of nitrogens with zero attached hydrogens (tertiary/aromatic N) is 1. The summed E-state index contributed by atoms with van der Waals surface area (Å²) in [7, 11) is 0. The Labute approximate surface area is 150 Å². The third kappa shape index (κ3) is 2.53. The predicted octanol–water partition coefficient (Wildman–Crippen LogP) is 4.70. The van der Waals surface area contributed by atoms with Crippen LogP contribution in [0.15, 0.2) is 35.0 Å². The van der Waals surface area contributed by atoms with E-state index in [1.54, 1.807) is 18.2 Å². The van der Waals surface area contributed by atoms with Gasteiger partial charge in [0, 0.05) is 10.3 Å². The third-order valence-corrected chi connectivity index (χ3v) is 6.68. The van der Waals surface area contributed by atoms with Crippen molar-refractivity contribution in [2.24, 2.45) is 22.2 Å². The highest BCUT2D eigenvalue weighted by Gasteiger charge is 2.60. The first kappa shape index (κ1) is 15.6. The number of rotatable bonds is 2. The molecule has 130 valence electrons. The maximum Gasteiger partial charge on any atom is 0.363 e. The molecule has 1 aromatic carbocycles. The molecule has 4 aliphatic carbocycles. The zero-order chi connectivity index (χ0) is 17.2. The second-order valence-corrected chi connectivity index (χ2v) is 9.08. The second kappa shape index (κ2) is 5.16. The van der Waals surface area contributed by atoms with Gasteiger partial charge < -0.3 is 4.74 Å². The van der Waals surface area contributed by atoms with Crippen LogP contribution in [0, 0.1) is 23.1 Å². The van der Waals surface area contributed by atoms with Crippen LogP contribution in [0.4, 0.5) is 4.39 Å². The Kier molecular flexibility index (Phi) is 3.22. The monoisotopic (exact) mass is 359 g/mol. The van der Waals surface area contributed by atoms with E-state index >= 15 is 0 Å². The van der Waals surface area contributed by atoms with Gasteiger partial charge in [0.15, 0.2) is 5.70 Å². The normalized spacial score (nSPS) is 40.5. The molecule has 1 aromatic rings. The van der Waals surface area contributed by atoms with Crippen LogP contribution in [0.5, 0.6) is 0 Å². The first-order chi connectivity index (χ1) is 11.9. The molecule has 0 saturated heterocycles. The molecule has 0 spiro atoms. The van der Waals surface area contributed by atoms with Crippen molar-refractivity contribution in [3.05, 3.63) is 41.3 Å². The van der Waals surface area contributed by atoms with Crippen LogP contribution >= 0.6 is 11.6 Å². The van der Waals surface area contributed by atoms with E-state index < -0.39 is 5.97 Å². The van der Waals surface area contributed by atoms with E-state index in [2.05, 4.69) is 4.99 Å². The van der Waals surface area contributed by atoms with Gasteiger partial charge in [-0.05, 0) is 74.1 Å². The average Bonchev–Trinajstić information content (AvgIpc) is 2.89. The predicted molar refractivity (Wildman–Crippen MR) is 93.6 cm³/mol. The van der Waals surface area contributed by atoms with Crippen molar-refractivity contribution in [2.45, 2.75) is 43.4 Å². The van der Waals surface area contributed by atoms with Crippen LogP contribution in [-0.4, -0.2) is 16.7 Å². The highest BCUT2D eigenvalue weighted by Crippen LogP contribution is 2.64. The summed E-state index contributed by atoms with van der Waals surface area (Å²) in [5.41, 5.74) is 0.846. The molecular formula is C20H19ClFNO2. The number of alkyl halides is 1. The Bertz CT molecular complexity index is 799. The summed E-state index contributed by atoms with van der Waals surface area (Å²) in [5.74, 6) is 1.07. The molecule has 0 N–H and O–H groups in total. The van der Waals surface area contributed by atoms with Crippen molar-refractivity contribution in [2.75, 3.05) is 0 Å². The van der Waals surface area contributed by atoms with E-state index in [1.807, 2.05) is 0 Å². The maximum atomic E-state index is 13.0. The van der Waals surface area contributed by atoms with Crippen molar-refractivity contribution >= 4 is 29.5 Å². The Morgan fingerprint density at radius 1 is 1.16 bits per heavy atom. The summed E-state index contributed by atoms with van der Waals surface area (Å²) in [6.07, 6.45) is 7.95. The second-order valence-electron chi connectivity index (χ2n) is 8.28. The number of benzene rings is 1. The number of carbonyl (C=O) groups excluding carboxylic acids is 1. The van der Waals surface area contributed by atoms with Gasteiger partial charge in [0.2, 0.25) is 5.90 Å². The van der Waals surface area contributed by atoms with E-state index in [4.69, 9.17) is 16.3 Å². The van der Waals surface area contributed by atoms with Gasteiger partial charge in [0.25, 0.3) is 0 Å². The lowest BCUT2D eigenvalue weighted by Gasteiger charge is -2.59. The topological polar surface area (TPSA) is 38.7 Å². The minimum Gasteiger partial charge on any atom is -0.406 e. The summed E-state index contributed by atoms with van der Waals surface area (Å²) >= 11 is 6.87. The summed E-state index contributed by atoms with van der Waals surface area (Å²) in [6, 6.07) is 5.99. The molecule has 1 aliphatic heterocycles. The molecule has 0 amide bonds. The fraction of sp³-hybridized carbons (Fsp3) is 0.500. The van der Waals surface area contributed by atoms with Gasteiger partial charge in [0.05, 0.1) is 0 Å². The molecule has 4 saturated carbocycles. The highest BCUT2D eigenvalue weighted by atomic mass is 35.5. The van der Waals surface area contributed by atoms with Gasteiger partial charge in [-0.1, -0.05) is 12.1 Å². The molecule has 3 nitrogen and oxygen atoms in total. The molecule has 0 radical (unpaired) electrons. The van der Waals surface area contributed by atoms with Gasteiger partial charge in [-0.3, -0.25) is 0 Å². The minimum atomic E-state index is -0.418. The lowest BCUT2D eigenvalue weighted by atomic mass is 9.49. The van der Waals surface area contributed by atoms with Crippen molar-refractivity contribution in [1.82, 2.24) is 0 Å². The van der Waals surface area contributed by atoms with Crippen LogP contribution < -0.4 is 0 Å². The van der Waals surface area contributed by atoms with Crippen molar-refractivity contribution in [1.29, 1.82) is 0 Å². The molecule has 5 heteroatoms. The van der Waals surface area contributed by atoms with E-state index in [0.717, 1.165) is 37.7 Å². The van der Waals surface area contributed by atoms with E-state index in [0.29, 0.717) is 23.4 Å². The summed E-state index contributed by atoms with van der Waals surface area (Å²) < 4.78 is 18.7. The number of aliphatic imine (C=N–C) groups is 1. The van der Waals surface area contributed by atoms with E-state index in [-0.39, 0.29) is 16.1 Å². The standard InChI is InChI=1S/C20H19ClFNO2/c21-20-9-13-5-14(10-20)8-19(7-13,11-20)18-23-16(17(24)25-18)6-12-1-3-15(22)4-2-12/h1-4,6,13-14H,5,7-11H2/b16-6-/t13-,14+,19?,20?. The molecule has 4 atom stereocenters. The van der Waals surface area contributed by atoms with Gasteiger partial charge in [-0.2, -0.15) is 0 Å². The first-order valence-corrected chi connectivity index (χ1v) is 9.29. The molecule has 5 aliphatic rings. The SMILES string of the molecule is O=C1OC(C23C[C@@H]4C[C@@H](CC(Cl)(C4)C2)C3)=N/C1=C\c1ccc(F)cc1. The molecule has 4 bridgehead atoms. The smallest absolute Gasteiger partial charge is 0.363 e. The lowest BCUT2D eigenvalue weighted by molar-refractivity contribution is -0.131. The van der Waals surface area contributed by atoms with Crippen LogP contribution in [0.25, 0.3) is 6.08 Å². The maximum absolute atomic E-state index is 13.0. The van der Waals surface area contributed by atoms with Gasteiger partial charge >= 0.3 is 5.97 Å². The van der Waals surface area contributed by atoms with Crippen molar-refractivity contribution < 1.29 is 13.9 Å². The Balaban J connectivity index is 1.49. The number of esters is 1. The Hall–Kier alpha value is -1.68. The number of cyclic esters (lactones) is 1.